The molecule has 7 atom stereocenters. The zero-order valence-corrected chi connectivity index (χ0v) is 16.4. The van der Waals surface area contributed by atoms with Gasteiger partial charge in [-0.2, -0.15) is 0 Å². The third-order valence-electron chi connectivity index (χ3n) is 8.64. The van der Waals surface area contributed by atoms with Gasteiger partial charge in [0.15, 0.2) is 0 Å². The third kappa shape index (κ3) is 1.74. The number of rotatable bonds is 1. The number of hydrogen-bond donors (Lipinski definition) is 4. The highest BCUT2D eigenvalue weighted by molar-refractivity contribution is 6.07. The van der Waals surface area contributed by atoms with E-state index in [1.165, 1.54) is 0 Å². The number of fused-ring (bicyclic) bond motifs is 2. The fourth-order valence-electron chi connectivity index (χ4n) is 7.70. The second-order valence-corrected chi connectivity index (χ2v) is 9.53. The molecule has 2 saturated carbocycles. The van der Waals surface area contributed by atoms with Gasteiger partial charge in [-0.25, -0.2) is 4.79 Å². The van der Waals surface area contributed by atoms with Crippen LogP contribution in [0.5, 0.6) is 5.75 Å². The first-order valence-electron chi connectivity index (χ1n) is 10.2. The lowest BCUT2D eigenvalue weighted by Crippen LogP contribution is -2.71. The minimum Gasteiger partial charge on any atom is -0.497 e. The van der Waals surface area contributed by atoms with E-state index in [4.69, 9.17) is 4.74 Å². The Hall–Kier alpha value is -2.16. The number of imide groups is 1. The van der Waals surface area contributed by atoms with Gasteiger partial charge in [0.1, 0.15) is 11.3 Å². The van der Waals surface area contributed by atoms with Crippen molar-refractivity contribution in [3.05, 3.63) is 29.3 Å². The standard InChI is InChI=1S/C21H25N3O5/c1-24-8-13-14-15(25)11-4-3-10(29-2)7-12(11)20(13)9-19(17(26)22-18(27)23-19)5-6-21(20,28)16(14)24/h3-4,7,13-16,25,28H,5-6,8-9H2,1-2H3,(H2,22,23,26,27). The van der Waals surface area contributed by atoms with E-state index in [0.717, 1.165) is 17.7 Å². The van der Waals surface area contributed by atoms with Crippen LogP contribution < -0.4 is 15.4 Å². The summed E-state index contributed by atoms with van der Waals surface area (Å²) in [5, 5.41) is 28.8. The fourth-order valence-corrected chi connectivity index (χ4v) is 7.70. The summed E-state index contributed by atoms with van der Waals surface area (Å²) in [5.74, 6) is 0.213. The lowest BCUT2D eigenvalue weighted by atomic mass is 9.50. The molecule has 7 unspecified atom stereocenters. The quantitative estimate of drug-likeness (QED) is 0.496. The molecule has 2 spiro atoms. The van der Waals surface area contributed by atoms with Gasteiger partial charge in [-0.1, -0.05) is 6.07 Å². The van der Waals surface area contributed by atoms with Gasteiger partial charge in [0.05, 0.1) is 18.8 Å². The normalized spacial score (nSPS) is 47.0. The molecule has 6 rings (SSSR count). The Bertz CT molecular complexity index is 968. The number of likely N-dealkylation sites (N-methyl/N-ethyl adjacent to an activating group) is 1. The van der Waals surface area contributed by atoms with Gasteiger partial charge in [-0.05, 0) is 55.5 Å². The van der Waals surface area contributed by atoms with Crippen LogP contribution in [0.4, 0.5) is 4.79 Å². The molecule has 3 amide bonds. The Morgan fingerprint density at radius 2 is 2.07 bits per heavy atom. The second kappa shape index (κ2) is 5.11. The molecule has 154 valence electrons. The number of ether oxygens (including phenoxy) is 1. The summed E-state index contributed by atoms with van der Waals surface area (Å²) >= 11 is 0. The molecule has 3 aliphatic carbocycles. The fraction of sp³-hybridized carbons (Fsp3) is 0.619. The SMILES string of the molecule is COc1ccc2c(c1)C13CC4(CCC1(O)C1C(C2O)C3CN1C)NC(=O)NC4=O. The average Bonchev–Trinajstić information content (AvgIpc) is 3.24. The van der Waals surface area contributed by atoms with Gasteiger partial charge in [0.2, 0.25) is 0 Å². The van der Waals surface area contributed by atoms with E-state index in [2.05, 4.69) is 15.5 Å². The molecule has 4 bridgehead atoms. The van der Waals surface area contributed by atoms with Gasteiger partial charge in [0, 0.05) is 23.9 Å². The lowest BCUT2D eigenvalue weighted by Gasteiger charge is -2.59. The van der Waals surface area contributed by atoms with Crippen LogP contribution in [-0.4, -0.2) is 64.9 Å². The molecular weight excluding hydrogens is 374 g/mol. The van der Waals surface area contributed by atoms with Gasteiger partial charge >= 0.3 is 6.03 Å². The van der Waals surface area contributed by atoms with Crippen LogP contribution in [0.1, 0.15) is 36.5 Å². The molecule has 0 aromatic heterocycles. The number of nitrogens with zero attached hydrogens (tertiary/aromatic N) is 1. The molecule has 1 aromatic carbocycles. The zero-order valence-electron chi connectivity index (χ0n) is 16.4. The second-order valence-electron chi connectivity index (χ2n) is 9.53. The summed E-state index contributed by atoms with van der Waals surface area (Å²) in [6, 6.07) is 4.95. The van der Waals surface area contributed by atoms with Gasteiger partial charge in [0.25, 0.3) is 5.91 Å². The minimum absolute atomic E-state index is 0.0143. The lowest BCUT2D eigenvalue weighted by molar-refractivity contribution is -0.149. The minimum atomic E-state index is -1.09. The van der Waals surface area contributed by atoms with Gasteiger partial charge in [-0.3, -0.25) is 15.0 Å². The van der Waals surface area contributed by atoms with Crippen LogP contribution in [0, 0.1) is 11.8 Å². The maximum atomic E-state index is 12.8. The van der Waals surface area contributed by atoms with Crippen LogP contribution in [0.25, 0.3) is 0 Å². The van der Waals surface area contributed by atoms with Crippen molar-refractivity contribution in [3.8, 4) is 5.75 Å². The molecule has 2 saturated heterocycles. The molecule has 8 nitrogen and oxygen atoms in total. The molecule has 2 heterocycles. The highest BCUT2D eigenvalue weighted by atomic mass is 16.5. The number of likely N-dealkylation sites (tertiary alicyclic amines) is 1. The van der Waals surface area contributed by atoms with E-state index >= 15 is 0 Å². The molecule has 4 N–H and O–H groups in total. The number of aliphatic hydroxyl groups is 2. The largest absolute Gasteiger partial charge is 0.497 e. The number of benzene rings is 1. The van der Waals surface area contributed by atoms with E-state index in [0.29, 0.717) is 25.0 Å². The van der Waals surface area contributed by atoms with Crippen molar-refractivity contribution >= 4 is 11.9 Å². The van der Waals surface area contributed by atoms with Crippen molar-refractivity contribution < 1.29 is 24.5 Å². The Kier molecular flexibility index (Phi) is 3.12. The summed E-state index contributed by atoms with van der Waals surface area (Å²) in [6.45, 7) is 0.733. The molecular formula is C21H25N3O5. The van der Waals surface area contributed by atoms with Crippen LogP contribution in [0.3, 0.4) is 0 Å². The summed E-state index contributed by atoms with van der Waals surface area (Å²) in [4.78, 5) is 27.0. The van der Waals surface area contributed by atoms with Crippen molar-refractivity contribution in [3.63, 3.8) is 0 Å². The van der Waals surface area contributed by atoms with E-state index in [1.807, 2.05) is 25.2 Å². The molecule has 2 aliphatic heterocycles. The third-order valence-corrected chi connectivity index (χ3v) is 8.64. The number of carbonyl (C=O) groups excluding carboxylic acids is 2. The Morgan fingerprint density at radius 1 is 1.28 bits per heavy atom. The van der Waals surface area contributed by atoms with E-state index in [1.54, 1.807) is 7.11 Å². The maximum Gasteiger partial charge on any atom is 0.322 e. The number of urea groups is 1. The van der Waals surface area contributed by atoms with Crippen molar-refractivity contribution in [2.24, 2.45) is 11.8 Å². The predicted molar refractivity (Wildman–Crippen MR) is 101 cm³/mol. The molecule has 5 aliphatic rings. The maximum absolute atomic E-state index is 12.8. The Balaban J connectivity index is 1.62. The van der Waals surface area contributed by atoms with Crippen LogP contribution in [0.15, 0.2) is 18.2 Å². The Labute approximate surface area is 168 Å². The van der Waals surface area contributed by atoms with Crippen LogP contribution >= 0.6 is 0 Å². The smallest absolute Gasteiger partial charge is 0.322 e. The number of nitrogens with one attached hydrogen (secondary N) is 2. The molecule has 1 aromatic rings. The number of aliphatic hydroxyl groups excluding tert-OH is 1. The zero-order chi connectivity index (χ0) is 20.3. The molecule has 29 heavy (non-hydrogen) atoms. The molecule has 8 heteroatoms. The predicted octanol–water partition coefficient (Wildman–Crippen LogP) is 0.0332. The number of methoxy groups -OCH3 is 1. The number of amides is 3. The number of hydrogen-bond acceptors (Lipinski definition) is 6. The van der Waals surface area contributed by atoms with Gasteiger partial charge < -0.3 is 20.3 Å². The van der Waals surface area contributed by atoms with Crippen LogP contribution in [-0.2, 0) is 10.2 Å². The summed E-state index contributed by atoms with van der Waals surface area (Å²) in [5.41, 5.74) is -1.20. The highest BCUT2D eigenvalue weighted by Crippen LogP contribution is 2.72. The highest BCUT2D eigenvalue weighted by Gasteiger charge is 2.80. The van der Waals surface area contributed by atoms with Crippen molar-refractivity contribution in [2.45, 2.75) is 48.0 Å². The first-order valence-corrected chi connectivity index (χ1v) is 10.2. The molecule has 4 fully saturated rings. The van der Waals surface area contributed by atoms with Crippen molar-refractivity contribution in [1.82, 2.24) is 15.5 Å². The molecule has 0 radical (unpaired) electrons. The topological polar surface area (TPSA) is 111 Å². The monoisotopic (exact) mass is 399 g/mol. The van der Waals surface area contributed by atoms with Crippen molar-refractivity contribution in [2.75, 3.05) is 20.7 Å². The number of carbonyl (C=O) groups is 2. The van der Waals surface area contributed by atoms with Crippen molar-refractivity contribution in [1.29, 1.82) is 0 Å². The Morgan fingerprint density at radius 3 is 2.76 bits per heavy atom. The first-order chi connectivity index (χ1) is 13.8. The average molecular weight is 399 g/mol. The summed E-state index contributed by atoms with van der Waals surface area (Å²) in [7, 11) is 3.59. The summed E-state index contributed by atoms with van der Waals surface area (Å²) < 4.78 is 5.46. The number of piperidine rings is 1. The van der Waals surface area contributed by atoms with Gasteiger partial charge in [-0.15, -0.1) is 0 Å². The van der Waals surface area contributed by atoms with E-state index in [-0.39, 0.29) is 23.8 Å². The first kappa shape index (κ1) is 17.7. The van der Waals surface area contributed by atoms with E-state index in [9.17, 15) is 19.8 Å². The van der Waals surface area contributed by atoms with E-state index < -0.39 is 28.7 Å². The van der Waals surface area contributed by atoms with Crippen LogP contribution in [0.2, 0.25) is 0 Å². The summed E-state index contributed by atoms with van der Waals surface area (Å²) in [6.07, 6.45) is 0.402.